The maximum Gasteiger partial charge on any atom is 0.251 e. The zero-order chi connectivity index (χ0) is 17.2. The minimum atomic E-state index is -0.189. The Morgan fingerprint density at radius 1 is 1.12 bits per heavy atom. The average molecular weight is 325 g/mol. The number of hydrogen-bond acceptors (Lipinski definition) is 5. The third kappa shape index (κ3) is 5.53. The normalized spacial score (nSPS) is 10.4. The van der Waals surface area contributed by atoms with E-state index in [-0.39, 0.29) is 11.8 Å². The smallest absolute Gasteiger partial charge is 0.251 e. The zero-order valence-corrected chi connectivity index (χ0v) is 13.3. The van der Waals surface area contributed by atoms with Gasteiger partial charge in [-0.3, -0.25) is 14.6 Å². The SMILES string of the molecule is CNC(=O)c1ccc(/C=C\C(=O)NCCNc2cnccn2)cc1. The molecule has 1 aromatic heterocycles. The summed E-state index contributed by atoms with van der Waals surface area (Å²) in [6.45, 7) is 1.02. The van der Waals surface area contributed by atoms with Crippen molar-refractivity contribution in [2.75, 3.05) is 25.5 Å². The van der Waals surface area contributed by atoms with Crippen LogP contribution >= 0.6 is 0 Å². The summed E-state index contributed by atoms with van der Waals surface area (Å²) in [6, 6.07) is 6.98. The van der Waals surface area contributed by atoms with E-state index in [0.717, 1.165) is 5.56 Å². The van der Waals surface area contributed by atoms with Crippen LogP contribution in [-0.2, 0) is 4.79 Å². The minimum absolute atomic E-state index is 0.140. The number of nitrogens with zero attached hydrogens (tertiary/aromatic N) is 2. The number of anilines is 1. The Hall–Kier alpha value is -3.22. The van der Waals surface area contributed by atoms with Gasteiger partial charge < -0.3 is 16.0 Å². The van der Waals surface area contributed by atoms with Gasteiger partial charge in [0.1, 0.15) is 5.82 Å². The summed E-state index contributed by atoms with van der Waals surface area (Å²) in [5, 5.41) is 8.36. The van der Waals surface area contributed by atoms with Gasteiger partial charge in [-0.25, -0.2) is 4.98 Å². The molecule has 2 aromatic rings. The molecule has 0 unspecified atom stereocenters. The molecular weight excluding hydrogens is 306 g/mol. The van der Waals surface area contributed by atoms with Crippen molar-refractivity contribution in [3.63, 3.8) is 0 Å². The highest BCUT2D eigenvalue weighted by molar-refractivity contribution is 5.94. The molecule has 3 N–H and O–H groups in total. The van der Waals surface area contributed by atoms with Gasteiger partial charge in [-0.15, -0.1) is 0 Å². The lowest BCUT2D eigenvalue weighted by atomic mass is 10.1. The second-order valence-corrected chi connectivity index (χ2v) is 4.84. The fourth-order valence-corrected chi connectivity index (χ4v) is 1.89. The molecule has 1 aromatic carbocycles. The first kappa shape index (κ1) is 17.1. The Bertz CT molecular complexity index is 699. The molecule has 1 heterocycles. The number of aromatic nitrogens is 2. The van der Waals surface area contributed by atoms with Crippen molar-refractivity contribution >= 4 is 23.7 Å². The van der Waals surface area contributed by atoms with Gasteiger partial charge in [-0.05, 0) is 23.8 Å². The largest absolute Gasteiger partial charge is 0.367 e. The summed E-state index contributed by atoms with van der Waals surface area (Å²) in [4.78, 5) is 31.2. The molecule has 124 valence electrons. The molecule has 0 spiro atoms. The van der Waals surface area contributed by atoms with Gasteiger partial charge in [0, 0.05) is 44.2 Å². The topological polar surface area (TPSA) is 96.0 Å². The number of carbonyl (C=O) groups excluding carboxylic acids is 2. The van der Waals surface area contributed by atoms with Gasteiger partial charge in [0.2, 0.25) is 5.91 Å². The van der Waals surface area contributed by atoms with E-state index in [1.165, 1.54) is 6.08 Å². The fourth-order valence-electron chi connectivity index (χ4n) is 1.89. The summed E-state index contributed by atoms with van der Waals surface area (Å²) < 4.78 is 0. The Morgan fingerprint density at radius 2 is 1.92 bits per heavy atom. The van der Waals surface area contributed by atoms with Crippen LogP contribution in [0.4, 0.5) is 5.82 Å². The van der Waals surface area contributed by atoms with Crippen molar-refractivity contribution < 1.29 is 9.59 Å². The number of nitrogens with one attached hydrogen (secondary N) is 3. The molecule has 0 fully saturated rings. The van der Waals surface area contributed by atoms with Gasteiger partial charge in [0.15, 0.2) is 0 Å². The number of carbonyl (C=O) groups is 2. The van der Waals surface area contributed by atoms with Gasteiger partial charge in [-0.2, -0.15) is 0 Å². The standard InChI is InChI=1S/C17H19N5O2/c1-18-17(24)14-5-2-13(3-6-14)4-7-16(23)22-11-10-21-15-12-19-8-9-20-15/h2-9,12H,10-11H2,1H3,(H,18,24)(H,20,21)(H,22,23)/b7-4-. The van der Waals surface area contributed by atoms with Gasteiger partial charge in [-0.1, -0.05) is 12.1 Å². The van der Waals surface area contributed by atoms with E-state index in [9.17, 15) is 9.59 Å². The third-order valence-corrected chi connectivity index (χ3v) is 3.12. The summed E-state index contributed by atoms with van der Waals surface area (Å²) in [6.07, 6.45) is 7.96. The Labute approximate surface area is 140 Å². The monoisotopic (exact) mass is 325 g/mol. The second kappa shape index (κ2) is 9.04. The van der Waals surface area contributed by atoms with Crippen molar-refractivity contribution in [1.29, 1.82) is 0 Å². The lowest BCUT2D eigenvalue weighted by Gasteiger charge is -2.05. The lowest BCUT2D eigenvalue weighted by molar-refractivity contribution is -0.116. The molecule has 0 bridgehead atoms. The average Bonchev–Trinajstić information content (AvgIpc) is 2.64. The molecule has 0 aliphatic carbocycles. The molecule has 0 aliphatic heterocycles. The maximum absolute atomic E-state index is 11.7. The van der Waals surface area contributed by atoms with Crippen molar-refractivity contribution in [1.82, 2.24) is 20.6 Å². The first-order valence-electron chi connectivity index (χ1n) is 7.47. The Kier molecular flexibility index (Phi) is 6.46. The van der Waals surface area contributed by atoms with Crippen molar-refractivity contribution in [3.8, 4) is 0 Å². The highest BCUT2D eigenvalue weighted by Crippen LogP contribution is 2.06. The fraction of sp³-hybridized carbons (Fsp3) is 0.176. The molecule has 7 heteroatoms. The molecule has 0 saturated heterocycles. The molecule has 2 amide bonds. The first-order valence-corrected chi connectivity index (χ1v) is 7.47. The molecule has 24 heavy (non-hydrogen) atoms. The maximum atomic E-state index is 11.7. The number of rotatable bonds is 7. The van der Waals surface area contributed by atoms with Crippen molar-refractivity contribution in [2.45, 2.75) is 0 Å². The van der Waals surface area contributed by atoms with Gasteiger partial charge in [0.05, 0.1) is 6.20 Å². The predicted molar refractivity (Wildman–Crippen MR) is 92.4 cm³/mol. The number of amides is 2. The quantitative estimate of drug-likeness (QED) is 0.523. The van der Waals surface area contributed by atoms with Crippen LogP contribution in [0.25, 0.3) is 6.08 Å². The number of benzene rings is 1. The van der Waals surface area contributed by atoms with E-state index >= 15 is 0 Å². The second-order valence-electron chi connectivity index (χ2n) is 4.84. The molecular formula is C17H19N5O2. The summed E-state index contributed by atoms with van der Waals surface area (Å²) in [5.74, 6) is 0.337. The third-order valence-electron chi connectivity index (χ3n) is 3.12. The Balaban J connectivity index is 1.73. The van der Waals surface area contributed by atoms with Gasteiger partial charge in [0.25, 0.3) is 5.91 Å². The summed E-state index contributed by atoms with van der Waals surface area (Å²) >= 11 is 0. The van der Waals surface area contributed by atoms with E-state index in [1.54, 1.807) is 56.0 Å². The van der Waals surface area contributed by atoms with E-state index in [2.05, 4.69) is 25.9 Å². The lowest BCUT2D eigenvalue weighted by Crippen LogP contribution is -2.27. The highest BCUT2D eigenvalue weighted by atomic mass is 16.2. The van der Waals surface area contributed by atoms with E-state index < -0.39 is 0 Å². The molecule has 0 saturated carbocycles. The van der Waals surface area contributed by atoms with Crippen LogP contribution < -0.4 is 16.0 Å². The van der Waals surface area contributed by atoms with Crippen LogP contribution in [0.3, 0.4) is 0 Å². The first-order chi connectivity index (χ1) is 11.7. The van der Waals surface area contributed by atoms with Crippen LogP contribution in [0.5, 0.6) is 0 Å². The molecule has 0 radical (unpaired) electrons. The van der Waals surface area contributed by atoms with Crippen LogP contribution in [0.15, 0.2) is 48.9 Å². The summed E-state index contributed by atoms with van der Waals surface area (Å²) in [7, 11) is 1.58. The van der Waals surface area contributed by atoms with Crippen LogP contribution in [0, 0.1) is 0 Å². The van der Waals surface area contributed by atoms with Crippen LogP contribution in [0.1, 0.15) is 15.9 Å². The number of hydrogen-bond donors (Lipinski definition) is 3. The van der Waals surface area contributed by atoms with Gasteiger partial charge >= 0.3 is 0 Å². The van der Waals surface area contributed by atoms with Crippen LogP contribution in [0.2, 0.25) is 0 Å². The minimum Gasteiger partial charge on any atom is -0.367 e. The van der Waals surface area contributed by atoms with Crippen molar-refractivity contribution in [2.24, 2.45) is 0 Å². The van der Waals surface area contributed by atoms with E-state index in [4.69, 9.17) is 0 Å². The molecule has 0 atom stereocenters. The van der Waals surface area contributed by atoms with Crippen LogP contribution in [-0.4, -0.2) is 41.9 Å². The molecule has 0 aliphatic rings. The summed E-state index contributed by atoms with van der Waals surface area (Å²) in [5.41, 5.74) is 1.42. The zero-order valence-electron chi connectivity index (χ0n) is 13.3. The van der Waals surface area contributed by atoms with Crippen molar-refractivity contribution in [3.05, 3.63) is 60.1 Å². The van der Waals surface area contributed by atoms with E-state index in [0.29, 0.717) is 24.5 Å². The molecule has 7 nitrogen and oxygen atoms in total. The predicted octanol–water partition coefficient (Wildman–Crippen LogP) is 1.08. The highest BCUT2D eigenvalue weighted by Gasteiger charge is 2.01. The Morgan fingerprint density at radius 3 is 2.58 bits per heavy atom. The molecule has 2 rings (SSSR count). The van der Waals surface area contributed by atoms with E-state index in [1.807, 2.05) is 0 Å².